The van der Waals surface area contributed by atoms with E-state index in [1.54, 1.807) is 0 Å². The van der Waals surface area contributed by atoms with E-state index < -0.39 is 23.4 Å². The van der Waals surface area contributed by atoms with Crippen LogP contribution in [-0.4, -0.2) is 30.6 Å². The SMILES string of the molecule is Cn1cc(-n2ncc(C(=O)O)c2C(F)(F)F)cn1. The molecule has 0 atom stereocenters. The van der Waals surface area contributed by atoms with Crippen LogP contribution in [0.1, 0.15) is 16.1 Å². The van der Waals surface area contributed by atoms with Gasteiger partial charge in [0.2, 0.25) is 0 Å². The van der Waals surface area contributed by atoms with E-state index >= 15 is 0 Å². The summed E-state index contributed by atoms with van der Waals surface area (Å²) in [6.07, 6.45) is -1.69. The number of aromatic carboxylic acids is 1. The van der Waals surface area contributed by atoms with Gasteiger partial charge in [-0.1, -0.05) is 0 Å². The Balaban J connectivity index is 2.66. The molecule has 0 fully saturated rings. The second-order valence-corrected chi connectivity index (χ2v) is 3.49. The lowest BCUT2D eigenvalue weighted by Gasteiger charge is -2.09. The summed E-state index contributed by atoms with van der Waals surface area (Å²) in [7, 11) is 1.53. The van der Waals surface area contributed by atoms with Crippen molar-refractivity contribution in [1.82, 2.24) is 19.6 Å². The van der Waals surface area contributed by atoms with Gasteiger partial charge in [0.25, 0.3) is 0 Å². The lowest BCUT2D eigenvalue weighted by Crippen LogP contribution is -2.17. The van der Waals surface area contributed by atoms with E-state index in [0.717, 1.165) is 6.20 Å². The first-order valence-electron chi connectivity index (χ1n) is 4.68. The molecule has 2 heterocycles. The summed E-state index contributed by atoms with van der Waals surface area (Å²) in [5, 5.41) is 15.9. The third kappa shape index (κ3) is 1.94. The zero-order valence-electron chi connectivity index (χ0n) is 9.01. The summed E-state index contributed by atoms with van der Waals surface area (Å²) in [6.45, 7) is 0. The Labute approximate surface area is 98.3 Å². The van der Waals surface area contributed by atoms with Crippen molar-refractivity contribution in [3.8, 4) is 5.69 Å². The molecule has 0 aromatic carbocycles. The van der Waals surface area contributed by atoms with Crippen molar-refractivity contribution in [2.45, 2.75) is 6.18 Å². The Hall–Kier alpha value is -2.32. The van der Waals surface area contributed by atoms with Crippen molar-refractivity contribution >= 4 is 5.97 Å². The fourth-order valence-electron chi connectivity index (χ4n) is 1.49. The van der Waals surface area contributed by atoms with Crippen LogP contribution in [0.3, 0.4) is 0 Å². The molecule has 1 N–H and O–H groups in total. The molecule has 0 spiro atoms. The summed E-state index contributed by atoms with van der Waals surface area (Å²) in [5.74, 6) is -1.68. The van der Waals surface area contributed by atoms with Crippen molar-refractivity contribution < 1.29 is 23.1 Å². The topological polar surface area (TPSA) is 72.9 Å². The van der Waals surface area contributed by atoms with E-state index in [9.17, 15) is 18.0 Å². The number of halogens is 3. The summed E-state index contributed by atoms with van der Waals surface area (Å²) in [5.41, 5.74) is -2.19. The van der Waals surface area contributed by atoms with Gasteiger partial charge >= 0.3 is 12.1 Å². The fourth-order valence-corrected chi connectivity index (χ4v) is 1.49. The Kier molecular flexibility index (Phi) is 2.60. The number of rotatable bonds is 2. The summed E-state index contributed by atoms with van der Waals surface area (Å²) >= 11 is 0. The first-order chi connectivity index (χ1) is 8.30. The molecule has 6 nitrogen and oxygen atoms in total. The van der Waals surface area contributed by atoms with Crippen LogP contribution >= 0.6 is 0 Å². The third-order valence-electron chi connectivity index (χ3n) is 2.20. The molecular weight excluding hydrogens is 253 g/mol. The second-order valence-electron chi connectivity index (χ2n) is 3.49. The lowest BCUT2D eigenvalue weighted by molar-refractivity contribution is -0.143. The van der Waals surface area contributed by atoms with Crippen molar-refractivity contribution in [3.63, 3.8) is 0 Å². The molecule has 2 aromatic rings. The maximum Gasteiger partial charge on any atom is 0.434 e. The number of carbonyl (C=O) groups is 1. The fraction of sp³-hybridized carbons (Fsp3) is 0.222. The maximum absolute atomic E-state index is 12.8. The summed E-state index contributed by atoms with van der Waals surface area (Å²) < 4.78 is 40.3. The minimum atomic E-state index is -4.82. The molecule has 0 aliphatic carbocycles. The first-order valence-corrected chi connectivity index (χ1v) is 4.68. The maximum atomic E-state index is 12.8. The van der Waals surface area contributed by atoms with Crippen LogP contribution in [0.4, 0.5) is 13.2 Å². The van der Waals surface area contributed by atoms with Gasteiger partial charge in [-0.3, -0.25) is 4.68 Å². The Morgan fingerprint density at radius 3 is 2.44 bits per heavy atom. The van der Waals surface area contributed by atoms with Crippen LogP contribution in [0.25, 0.3) is 5.69 Å². The Morgan fingerprint density at radius 1 is 1.33 bits per heavy atom. The molecule has 0 radical (unpaired) electrons. The molecule has 9 heteroatoms. The highest BCUT2D eigenvalue weighted by atomic mass is 19.4. The molecule has 0 aliphatic heterocycles. The standard InChI is InChI=1S/C9H7F3N4O2/c1-15-4-5(2-13-15)16-7(9(10,11)12)6(3-14-16)8(17)18/h2-4H,1H3,(H,17,18). The minimum absolute atomic E-state index is 0.0392. The molecule has 0 unspecified atom stereocenters. The highest BCUT2D eigenvalue weighted by molar-refractivity contribution is 5.89. The van der Waals surface area contributed by atoms with Crippen LogP contribution in [0, 0.1) is 0 Å². The predicted molar refractivity (Wildman–Crippen MR) is 52.3 cm³/mol. The van der Waals surface area contributed by atoms with Crippen LogP contribution < -0.4 is 0 Å². The van der Waals surface area contributed by atoms with E-state index in [1.165, 1.54) is 17.9 Å². The third-order valence-corrected chi connectivity index (χ3v) is 2.20. The number of carboxylic acids is 1. The van der Waals surface area contributed by atoms with Gasteiger partial charge < -0.3 is 5.11 Å². The molecular formula is C9H7F3N4O2. The van der Waals surface area contributed by atoms with Crippen molar-refractivity contribution in [2.75, 3.05) is 0 Å². The van der Waals surface area contributed by atoms with Gasteiger partial charge in [-0.05, 0) is 0 Å². The average molecular weight is 260 g/mol. The quantitative estimate of drug-likeness (QED) is 0.883. The highest BCUT2D eigenvalue weighted by Gasteiger charge is 2.40. The number of alkyl halides is 3. The molecule has 18 heavy (non-hydrogen) atoms. The highest BCUT2D eigenvalue weighted by Crippen LogP contribution is 2.33. The number of carboxylic acid groups (broad SMARTS) is 1. The molecule has 0 amide bonds. The zero-order valence-corrected chi connectivity index (χ0v) is 9.01. The van der Waals surface area contributed by atoms with E-state index in [2.05, 4.69) is 10.2 Å². The van der Waals surface area contributed by atoms with Gasteiger partial charge in [0.05, 0.1) is 18.6 Å². The monoisotopic (exact) mass is 260 g/mol. The molecule has 0 saturated heterocycles. The van der Waals surface area contributed by atoms with Gasteiger partial charge in [0, 0.05) is 7.05 Å². The van der Waals surface area contributed by atoms with Crippen LogP contribution in [-0.2, 0) is 13.2 Å². The van der Waals surface area contributed by atoms with Crippen molar-refractivity contribution in [1.29, 1.82) is 0 Å². The number of aromatic nitrogens is 4. The molecule has 2 rings (SSSR count). The van der Waals surface area contributed by atoms with Gasteiger partial charge in [-0.25, -0.2) is 9.48 Å². The first kappa shape index (κ1) is 12.1. The van der Waals surface area contributed by atoms with Gasteiger partial charge in [-0.15, -0.1) is 0 Å². The molecule has 0 saturated carbocycles. The molecule has 96 valence electrons. The van der Waals surface area contributed by atoms with E-state index in [0.29, 0.717) is 10.9 Å². The molecule has 2 aromatic heterocycles. The van der Waals surface area contributed by atoms with Crippen LogP contribution in [0.5, 0.6) is 0 Å². The second kappa shape index (κ2) is 3.86. The normalized spacial score (nSPS) is 11.8. The van der Waals surface area contributed by atoms with E-state index in [4.69, 9.17) is 5.11 Å². The number of aryl methyl sites for hydroxylation is 1. The van der Waals surface area contributed by atoms with Crippen LogP contribution in [0.15, 0.2) is 18.6 Å². The average Bonchev–Trinajstić information content (AvgIpc) is 2.80. The van der Waals surface area contributed by atoms with Crippen LogP contribution in [0.2, 0.25) is 0 Å². The smallest absolute Gasteiger partial charge is 0.434 e. The summed E-state index contributed by atoms with van der Waals surface area (Å²) in [4.78, 5) is 10.7. The number of nitrogens with zero attached hydrogens (tertiary/aromatic N) is 4. The largest absolute Gasteiger partial charge is 0.478 e. The predicted octanol–water partition coefficient (Wildman–Crippen LogP) is 1.32. The Bertz CT molecular complexity index is 599. The number of hydrogen-bond acceptors (Lipinski definition) is 3. The van der Waals surface area contributed by atoms with E-state index in [-0.39, 0.29) is 5.69 Å². The summed E-state index contributed by atoms with van der Waals surface area (Å²) in [6, 6.07) is 0. The minimum Gasteiger partial charge on any atom is -0.478 e. The molecule has 0 bridgehead atoms. The Morgan fingerprint density at radius 2 is 2.00 bits per heavy atom. The lowest BCUT2D eigenvalue weighted by atomic mass is 10.2. The van der Waals surface area contributed by atoms with Gasteiger partial charge in [0.1, 0.15) is 11.3 Å². The van der Waals surface area contributed by atoms with Gasteiger partial charge in [-0.2, -0.15) is 23.4 Å². The zero-order chi connectivity index (χ0) is 13.5. The van der Waals surface area contributed by atoms with E-state index in [1.807, 2.05) is 0 Å². The number of hydrogen-bond donors (Lipinski definition) is 1. The van der Waals surface area contributed by atoms with Crippen molar-refractivity contribution in [3.05, 3.63) is 29.8 Å². The molecule has 0 aliphatic rings. The van der Waals surface area contributed by atoms with Gasteiger partial charge in [0.15, 0.2) is 5.69 Å². The van der Waals surface area contributed by atoms with Crippen molar-refractivity contribution in [2.24, 2.45) is 7.05 Å².